The van der Waals surface area contributed by atoms with Crippen LogP contribution in [0.1, 0.15) is 21.7 Å². The van der Waals surface area contributed by atoms with Crippen molar-refractivity contribution in [2.75, 3.05) is 0 Å². The highest BCUT2D eigenvalue weighted by Crippen LogP contribution is 2.22. The molecule has 0 aliphatic carbocycles. The molecule has 0 amide bonds. The molecule has 0 aliphatic rings. The van der Waals surface area contributed by atoms with E-state index in [2.05, 4.69) is 0 Å². The quantitative estimate of drug-likeness (QED) is 0.728. The van der Waals surface area contributed by atoms with E-state index in [9.17, 15) is 4.79 Å². The number of benzene rings is 2. The van der Waals surface area contributed by atoms with E-state index in [0.717, 1.165) is 10.9 Å². The summed E-state index contributed by atoms with van der Waals surface area (Å²) in [5.41, 5.74) is 2.05. The molecule has 0 fully saturated rings. The van der Waals surface area contributed by atoms with E-state index >= 15 is 0 Å². The zero-order chi connectivity index (χ0) is 13.2. The van der Waals surface area contributed by atoms with Gasteiger partial charge in [0.25, 0.3) is 0 Å². The lowest BCUT2D eigenvalue weighted by atomic mass is 10.1. The molecule has 0 radical (unpaired) electrons. The van der Waals surface area contributed by atoms with E-state index in [0.29, 0.717) is 16.9 Å². The minimum absolute atomic E-state index is 0.0247. The van der Waals surface area contributed by atoms with Crippen LogP contribution in [0, 0.1) is 0 Å². The number of rotatable bonds is 3. The molecule has 3 heteroatoms. The fourth-order valence-electron chi connectivity index (χ4n) is 2.03. The molecule has 1 aromatic heterocycles. The van der Waals surface area contributed by atoms with Crippen molar-refractivity contribution in [2.45, 2.75) is 6.61 Å². The molecular formula is C16H12O3. The van der Waals surface area contributed by atoms with Crippen molar-refractivity contribution < 1.29 is 14.3 Å². The standard InChI is InChI=1S/C16H12O3/c17-10-11-6-7-14-13(8-11)9-15(19-14)16(18)12-4-2-1-3-5-12/h1-9,17H,10H2. The zero-order valence-corrected chi connectivity index (χ0v) is 10.2. The van der Waals surface area contributed by atoms with Gasteiger partial charge in [-0.3, -0.25) is 4.79 Å². The van der Waals surface area contributed by atoms with E-state index in [4.69, 9.17) is 9.52 Å². The van der Waals surface area contributed by atoms with Crippen LogP contribution in [0.5, 0.6) is 0 Å². The summed E-state index contributed by atoms with van der Waals surface area (Å²) < 4.78 is 5.55. The number of fused-ring (bicyclic) bond motifs is 1. The van der Waals surface area contributed by atoms with Crippen LogP contribution in [-0.4, -0.2) is 10.9 Å². The lowest BCUT2D eigenvalue weighted by Gasteiger charge is -1.95. The van der Waals surface area contributed by atoms with Crippen molar-refractivity contribution in [3.05, 3.63) is 71.5 Å². The number of furan rings is 1. The van der Waals surface area contributed by atoms with Gasteiger partial charge in [-0.1, -0.05) is 36.4 Å². The van der Waals surface area contributed by atoms with E-state index in [1.807, 2.05) is 24.3 Å². The summed E-state index contributed by atoms with van der Waals surface area (Å²) in [6.45, 7) is -0.0247. The summed E-state index contributed by atoms with van der Waals surface area (Å²) in [7, 11) is 0. The molecule has 0 atom stereocenters. The lowest BCUT2D eigenvalue weighted by Crippen LogP contribution is -1.98. The second-order valence-corrected chi connectivity index (χ2v) is 4.34. The molecule has 2 aromatic carbocycles. The second kappa shape index (κ2) is 4.71. The van der Waals surface area contributed by atoms with E-state index in [1.54, 1.807) is 30.3 Å². The Hall–Kier alpha value is -2.39. The maximum atomic E-state index is 12.2. The van der Waals surface area contributed by atoms with Gasteiger partial charge in [0.05, 0.1) is 6.61 Å². The third-order valence-corrected chi connectivity index (χ3v) is 3.02. The number of carbonyl (C=O) groups excluding carboxylic acids is 1. The predicted octanol–water partition coefficient (Wildman–Crippen LogP) is 3.16. The van der Waals surface area contributed by atoms with Crippen LogP contribution in [0.15, 0.2) is 59.0 Å². The van der Waals surface area contributed by atoms with Gasteiger partial charge in [-0.2, -0.15) is 0 Å². The third kappa shape index (κ3) is 2.16. The van der Waals surface area contributed by atoms with Gasteiger partial charge in [0.2, 0.25) is 5.78 Å². The number of carbonyl (C=O) groups is 1. The van der Waals surface area contributed by atoms with Crippen molar-refractivity contribution in [1.82, 2.24) is 0 Å². The summed E-state index contributed by atoms with van der Waals surface area (Å²) in [6.07, 6.45) is 0. The highest BCUT2D eigenvalue weighted by Gasteiger charge is 2.14. The molecule has 0 aliphatic heterocycles. The maximum Gasteiger partial charge on any atom is 0.228 e. The zero-order valence-electron chi connectivity index (χ0n) is 10.2. The number of aliphatic hydroxyl groups excluding tert-OH is 1. The highest BCUT2D eigenvalue weighted by atomic mass is 16.3. The fourth-order valence-corrected chi connectivity index (χ4v) is 2.03. The van der Waals surface area contributed by atoms with Crippen LogP contribution in [0.4, 0.5) is 0 Å². The Balaban J connectivity index is 2.04. The maximum absolute atomic E-state index is 12.2. The Morgan fingerprint density at radius 1 is 1.05 bits per heavy atom. The fraction of sp³-hybridized carbons (Fsp3) is 0.0625. The van der Waals surface area contributed by atoms with Gasteiger partial charge in [0, 0.05) is 10.9 Å². The van der Waals surface area contributed by atoms with Gasteiger partial charge in [-0.15, -0.1) is 0 Å². The predicted molar refractivity (Wildman–Crippen MR) is 72.0 cm³/mol. The second-order valence-electron chi connectivity index (χ2n) is 4.34. The van der Waals surface area contributed by atoms with Crippen LogP contribution in [-0.2, 0) is 6.61 Å². The average Bonchev–Trinajstić information content (AvgIpc) is 2.90. The summed E-state index contributed by atoms with van der Waals surface area (Å²) >= 11 is 0. The summed E-state index contributed by atoms with van der Waals surface area (Å²) in [5.74, 6) is 0.179. The number of ketones is 1. The van der Waals surface area contributed by atoms with E-state index in [1.165, 1.54) is 0 Å². The van der Waals surface area contributed by atoms with Crippen molar-refractivity contribution in [1.29, 1.82) is 0 Å². The molecule has 1 heterocycles. The molecule has 0 spiro atoms. The van der Waals surface area contributed by atoms with E-state index in [-0.39, 0.29) is 12.4 Å². The first-order valence-electron chi connectivity index (χ1n) is 6.01. The van der Waals surface area contributed by atoms with Crippen LogP contribution in [0.25, 0.3) is 11.0 Å². The first-order valence-corrected chi connectivity index (χ1v) is 6.01. The summed E-state index contributed by atoms with van der Waals surface area (Å²) in [6, 6.07) is 16.1. The third-order valence-electron chi connectivity index (χ3n) is 3.02. The Morgan fingerprint density at radius 3 is 2.58 bits per heavy atom. The monoisotopic (exact) mass is 252 g/mol. The molecule has 0 saturated heterocycles. The van der Waals surface area contributed by atoms with Crippen LogP contribution < -0.4 is 0 Å². The smallest absolute Gasteiger partial charge is 0.228 e. The Bertz CT molecular complexity index is 726. The molecule has 94 valence electrons. The molecule has 0 bridgehead atoms. The minimum atomic E-state index is -0.137. The topological polar surface area (TPSA) is 50.4 Å². The van der Waals surface area contributed by atoms with Crippen molar-refractivity contribution in [2.24, 2.45) is 0 Å². The lowest BCUT2D eigenvalue weighted by molar-refractivity contribution is 0.101. The SMILES string of the molecule is O=C(c1ccccc1)c1cc2cc(CO)ccc2o1. The first-order chi connectivity index (χ1) is 9.28. The van der Waals surface area contributed by atoms with Crippen LogP contribution in [0.2, 0.25) is 0 Å². The van der Waals surface area contributed by atoms with Gasteiger partial charge in [0.1, 0.15) is 5.58 Å². The Morgan fingerprint density at radius 2 is 1.84 bits per heavy atom. The molecule has 3 nitrogen and oxygen atoms in total. The molecule has 19 heavy (non-hydrogen) atoms. The Kier molecular flexibility index (Phi) is 2.89. The number of aliphatic hydroxyl groups is 1. The molecular weight excluding hydrogens is 240 g/mol. The van der Waals surface area contributed by atoms with Gasteiger partial charge in [0.15, 0.2) is 5.76 Å². The largest absolute Gasteiger partial charge is 0.453 e. The van der Waals surface area contributed by atoms with Gasteiger partial charge in [-0.05, 0) is 23.8 Å². The normalized spacial score (nSPS) is 10.8. The summed E-state index contributed by atoms with van der Waals surface area (Å²) in [4.78, 5) is 12.2. The molecule has 3 aromatic rings. The van der Waals surface area contributed by atoms with Gasteiger partial charge >= 0.3 is 0 Å². The molecule has 0 saturated carbocycles. The summed E-state index contributed by atoms with van der Waals surface area (Å²) in [5, 5.41) is 9.92. The minimum Gasteiger partial charge on any atom is -0.453 e. The van der Waals surface area contributed by atoms with Gasteiger partial charge < -0.3 is 9.52 Å². The Labute approximate surface area is 110 Å². The molecule has 1 N–H and O–H groups in total. The van der Waals surface area contributed by atoms with Crippen molar-refractivity contribution in [3.63, 3.8) is 0 Å². The first kappa shape index (κ1) is 11.7. The molecule has 3 rings (SSSR count). The van der Waals surface area contributed by atoms with Crippen LogP contribution in [0.3, 0.4) is 0 Å². The molecule has 0 unspecified atom stereocenters. The van der Waals surface area contributed by atoms with Crippen molar-refractivity contribution in [3.8, 4) is 0 Å². The van der Waals surface area contributed by atoms with Crippen molar-refractivity contribution >= 4 is 16.8 Å². The number of hydrogen-bond donors (Lipinski definition) is 1. The van der Waals surface area contributed by atoms with E-state index < -0.39 is 0 Å². The average molecular weight is 252 g/mol. The van der Waals surface area contributed by atoms with Crippen LogP contribution >= 0.6 is 0 Å². The number of hydrogen-bond acceptors (Lipinski definition) is 3. The highest BCUT2D eigenvalue weighted by molar-refractivity contribution is 6.08. The van der Waals surface area contributed by atoms with Gasteiger partial charge in [-0.25, -0.2) is 0 Å².